The third kappa shape index (κ3) is 3.40. The van der Waals surface area contributed by atoms with Crippen LogP contribution in [-0.4, -0.2) is 44.7 Å². The summed E-state index contributed by atoms with van der Waals surface area (Å²) < 4.78 is 1.25. The summed E-state index contributed by atoms with van der Waals surface area (Å²) in [6.07, 6.45) is 4.07. The number of pyridine rings is 1. The Kier molecular flexibility index (Phi) is 4.63. The van der Waals surface area contributed by atoms with Crippen LogP contribution in [0.25, 0.3) is 0 Å². The lowest BCUT2D eigenvalue weighted by atomic mass is 10.1. The quantitative estimate of drug-likeness (QED) is 0.740. The molecule has 0 saturated heterocycles. The van der Waals surface area contributed by atoms with Crippen molar-refractivity contribution < 1.29 is 19.5 Å². The van der Waals surface area contributed by atoms with Gasteiger partial charge in [0.1, 0.15) is 5.69 Å². The molecule has 2 aromatic rings. The van der Waals surface area contributed by atoms with Crippen LogP contribution in [0.5, 0.6) is 0 Å². The van der Waals surface area contributed by atoms with Crippen molar-refractivity contribution in [3.63, 3.8) is 0 Å². The van der Waals surface area contributed by atoms with E-state index < -0.39 is 17.4 Å². The first-order chi connectivity index (χ1) is 11.3. The largest absolute Gasteiger partial charge is 0.479 e. The molecule has 126 valence electrons. The lowest BCUT2D eigenvalue weighted by Gasteiger charge is -2.19. The van der Waals surface area contributed by atoms with Crippen LogP contribution in [0.15, 0.2) is 30.7 Å². The molecular weight excluding hydrogens is 314 g/mol. The maximum absolute atomic E-state index is 12.2. The summed E-state index contributed by atoms with van der Waals surface area (Å²) in [6, 6.07) is 2.91. The Balaban J connectivity index is 2.12. The van der Waals surface area contributed by atoms with Gasteiger partial charge in [-0.15, -0.1) is 0 Å². The summed E-state index contributed by atoms with van der Waals surface area (Å²) in [5.41, 5.74) is -0.428. The maximum atomic E-state index is 12.2. The predicted octanol–water partition coefficient (Wildman–Crippen LogP) is 0.710. The fourth-order valence-electron chi connectivity index (χ4n) is 1.78. The molecule has 0 saturated carbocycles. The smallest absolute Gasteiger partial charge is 0.331 e. The Bertz CT molecular complexity index is 779. The number of amides is 2. The number of carboxylic acid groups (broad SMARTS) is 1. The van der Waals surface area contributed by atoms with E-state index in [1.807, 2.05) is 0 Å². The molecular formula is C15H17N5O4. The molecule has 0 aliphatic rings. The molecule has 24 heavy (non-hydrogen) atoms. The number of carbonyl (C=O) groups excluding carboxylic acids is 2. The molecule has 3 N–H and O–H groups in total. The first-order valence-corrected chi connectivity index (χ1v) is 7.03. The van der Waals surface area contributed by atoms with E-state index in [1.54, 1.807) is 0 Å². The Hall–Kier alpha value is -3.23. The van der Waals surface area contributed by atoms with Crippen LogP contribution in [0.4, 0.5) is 5.69 Å². The van der Waals surface area contributed by atoms with Crippen LogP contribution < -0.4 is 10.6 Å². The van der Waals surface area contributed by atoms with E-state index >= 15 is 0 Å². The zero-order chi connectivity index (χ0) is 17.9. The fourth-order valence-corrected chi connectivity index (χ4v) is 1.78. The van der Waals surface area contributed by atoms with E-state index in [1.165, 1.54) is 56.3 Å². The van der Waals surface area contributed by atoms with Gasteiger partial charge in [0.05, 0.1) is 17.4 Å². The number of aliphatic carboxylic acids is 1. The van der Waals surface area contributed by atoms with Gasteiger partial charge in [0.15, 0.2) is 5.54 Å². The second kappa shape index (κ2) is 6.49. The van der Waals surface area contributed by atoms with Crippen molar-refractivity contribution in [2.45, 2.75) is 19.4 Å². The summed E-state index contributed by atoms with van der Waals surface area (Å²) in [5.74, 6) is -1.84. The first kappa shape index (κ1) is 17.1. The first-order valence-electron chi connectivity index (χ1n) is 7.03. The van der Waals surface area contributed by atoms with Crippen molar-refractivity contribution in [3.8, 4) is 0 Å². The molecule has 0 atom stereocenters. The van der Waals surface area contributed by atoms with Crippen LogP contribution in [-0.2, 0) is 10.3 Å². The molecule has 0 aliphatic heterocycles. The maximum Gasteiger partial charge on any atom is 0.331 e. The summed E-state index contributed by atoms with van der Waals surface area (Å²) in [4.78, 5) is 38.7. The van der Waals surface area contributed by atoms with Gasteiger partial charge in [-0.25, -0.2) is 4.79 Å². The molecule has 0 bridgehead atoms. The van der Waals surface area contributed by atoms with Gasteiger partial charge in [-0.05, 0) is 26.0 Å². The predicted molar refractivity (Wildman–Crippen MR) is 84.8 cm³/mol. The number of rotatable bonds is 5. The highest BCUT2D eigenvalue weighted by Crippen LogP contribution is 2.17. The van der Waals surface area contributed by atoms with E-state index in [9.17, 15) is 14.4 Å². The molecule has 0 aromatic carbocycles. The Morgan fingerprint density at radius 2 is 1.88 bits per heavy atom. The van der Waals surface area contributed by atoms with Crippen LogP contribution in [0.2, 0.25) is 0 Å². The minimum atomic E-state index is -1.24. The summed E-state index contributed by atoms with van der Waals surface area (Å²) in [7, 11) is 1.49. The number of nitrogens with zero attached hydrogens (tertiary/aromatic N) is 3. The number of carboxylic acids is 1. The Morgan fingerprint density at radius 1 is 1.17 bits per heavy atom. The number of hydrogen-bond donors (Lipinski definition) is 3. The monoisotopic (exact) mass is 331 g/mol. The zero-order valence-corrected chi connectivity index (χ0v) is 13.4. The molecule has 2 rings (SSSR count). The van der Waals surface area contributed by atoms with Gasteiger partial charge >= 0.3 is 5.97 Å². The average molecular weight is 331 g/mol. The molecule has 2 heterocycles. The number of nitrogens with one attached hydrogen (secondary N) is 2. The normalized spacial score (nSPS) is 11.0. The standard InChI is InChI=1S/C15H17N5O4/c1-15(2,14(23)24)20-8-10(7-18-20)19-12(21)9-4-5-11(17-6-9)13(22)16-3/h4-8H,1-3H3,(H,16,22)(H,19,21)(H,23,24). The van der Waals surface area contributed by atoms with Gasteiger partial charge in [-0.3, -0.25) is 19.3 Å². The summed E-state index contributed by atoms with van der Waals surface area (Å²) >= 11 is 0. The van der Waals surface area contributed by atoms with Crippen LogP contribution in [0.1, 0.15) is 34.7 Å². The van der Waals surface area contributed by atoms with Gasteiger partial charge in [0.25, 0.3) is 11.8 Å². The van der Waals surface area contributed by atoms with Crippen molar-refractivity contribution >= 4 is 23.5 Å². The van der Waals surface area contributed by atoms with Crippen molar-refractivity contribution in [1.29, 1.82) is 0 Å². The van der Waals surface area contributed by atoms with E-state index in [2.05, 4.69) is 20.7 Å². The highest BCUT2D eigenvalue weighted by Gasteiger charge is 2.30. The Morgan fingerprint density at radius 3 is 2.42 bits per heavy atom. The second-order valence-corrected chi connectivity index (χ2v) is 5.50. The van der Waals surface area contributed by atoms with Crippen molar-refractivity contribution in [2.24, 2.45) is 0 Å². The zero-order valence-electron chi connectivity index (χ0n) is 13.4. The molecule has 0 unspecified atom stereocenters. The minimum Gasteiger partial charge on any atom is -0.479 e. The molecule has 9 nitrogen and oxygen atoms in total. The minimum absolute atomic E-state index is 0.199. The third-order valence-electron chi connectivity index (χ3n) is 3.42. The van der Waals surface area contributed by atoms with Crippen LogP contribution in [0, 0.1) is 0 Å². The average Bonchev–Trinajstić information content (AvgIpc) is 3.03. The van der Waals surface area contributed by atoms with Gasteiger partial charge in [-0.1, -0.05) is 0 Å². The van der Waals surface area contributed by atoms with Crippen molar-refractivity contribution in [3.05, 3.63) is 42.0 Å². The highest BCUT2D eigenvalue weighted by atomic mass is 16.4. The van der Waals surface area contributed by atoms with Gasteiger partial charge < -0.3 is 15.7 Å². The third-order valence-corrected chi connectivity index (χ3v) is 3.42. The van der Waals surface area contributed by atoms with Crippen LogP contribution >= 0.6 is 0 Å². The second-order valence-electron chi connectivity index (χ2n) is 5.50. The lowest BCUT2D eigenvalue weighted by Crippen LogP contribution is -2.35. The molecule has 9 heteroatoms. The number of carbonyl (C=O) groups is 3. The fraction of sp³-hybridized carbons (Fsp3) is 0.267. The van der Waals surface area contributed by atoms with Crippen LogP contribution in [0.3, 0.4) is 0 Å². The molecule has 2 aromatic heterocycles. The number of aromatic nitrogens is 3. The molecule has 2 amide bonds. The van der Waals surface area contributed by atoms with Gasteiger partial charge in [0, 0.05) is 19.4 Å². The van der Waals surface area contributed by atoms with E-state index in [-0.39, 0.29) is 17.2 Å². The van der Waals surface area contributed by atoms with Gasteiger partial charge in [-0.2, -0.15) is 5.10 Å². The van der Waals surface area contributed by atoms with E-state index in [0.29, 0.717) is 5.69 Å². The molecule has 0 fully saturated rings. The van der Waals surface area contributed by atoms with Crippen molar-refractivity contribution in [1.82, 2.24) is 20.1 Å². The number of anilines is 1. The van der Waals surface area contributed by atoms with E-state index in [0.717, 1.165) is 0 Å². The highest BCUT2D eigenvalue weighted by molar-refractivity contribution is 6.04. The topological polar surface area (TPSA) is 126 Å². The molecule has 0 spiro atoms. The summed E-state index contributed by atoms with van der Waals surface area (Å²) in [5, 5.41) is 18.2. The van der Waals surface area contributed by atoms with E-state index in [4.69, 9.17) is 5.11 Å². The lowest BCUT2D eigenvalue weighted by molar-refractivity contribution is -0.146. The SMILES string of the molecule is CNC(=O)c1ccc(C(=O)Nc2cnn(C(C)(C)C(=O)O)c2)cn1. The molecule has 0 radical (unpaired) electrons. The van der Waals surface area contributed by atoms with Gasteiger partial charge in [0.2, 0.25) is 0 Å². The van der Waals surface area contributed by atoms with Crippen molar-refractivity contribution in [2.75, 3.05) is 12.4 Å². The number of hydrogen-bond acceptors (Lipinski definition) is 5. The summed E-state index contributed by atoms with van der Waals surface area (Å²) in [6.45, 7) is 2.99. The molecule has 0 aliphatic carbocycles. The Labute approximate surface area is 137 Å².